The number of hydrogen-bond donors (Lipinski definition) is 0. The van der Waals surface area contributed by atoms with E-state index in [-0.39, 0.29) is 0 Å². The van der Waals surface area contributed by atoms with Crippen LogP contribution in [0.25, 0.3) is 32.8 Å². The second kappa shape index (κ2) is 10.0. The van der Waals surface area contributed by atoms with Crippen LogP contribution in [0, 0.1) is 0 Å². The second-order valence-corrected chi connectivity index (χ2v) is 9.67. The third kappa shape index (κ3) is 4.33. The van der Waals surface area contributed by atoms with Gasteiger partial charge >= 0.3 is 0 Å². The number of furan rings is 1. The molecule has 0 saturated heterocycles. The summed E-state index contributed by atoms with van der Waals surface area (Å²) in [4.78, 5) is 0. The smallest absolute Gasteiger partial charge is 0.151 e. The second-order valence-electron chi connectivity index (χ2n) is 9.67. The quantitative estimate of drug-likeness (QED) is 0.163. The molecule has 0 saturated carbocycles. The highest BCUT2D eigenvalue weighted by Gasteiger charge is 2.12. The lowest BCUT2D eigenvalue weighted by Gasteiger charge is -2.19. The van der Waals surface area contributed by atoms with Crippen molar-refractivity contribution in [2.45, 2.75) is 6.92 Å². The largest absolute Gasteiger partial charge is 0.455 e. The number of hydrazone groups is 1. The van der Waals surface area contributed by atoms with Gasteiger partial charge in [-0.05, 0) is 73.2 Å². The normalized spacial score (nSPS) is 12.2. The first-order chi connectivity index (χ1) is 19.7. The Kier molecular flexibility index (Phi) is 5.94. The molecule has 2 heterocycles. The maximum Gasteiger partial charge on any atom is 0.151 e. The van der Waals surface area contributed by atoms with Gasteiger partial charge in [0, 0.05) is 16.2 Å². The maximum absolute atomic E-state index is 6.22. The van der Waals surface area contributed by atoms with Gasteiger partial charge in [-0.3, -0.25) is 0 Å². The summed E-state index contributed by atoms with van der Waals surface area (Å²) in [6, 6.07) is 45.1. The predicted molar refractivity (Wildman–Crippen MR) is 166 cm³/mol. The topological polar surface area (TPSA) is 46.0 Å². The van der Waals surface area contributed by atoms with Crippen molar-refractivity contribution in [3.05, 3.63) is 145 Å². The summed E-state index contributed by atoms with van der Waals surface area (Å²) in [5.41, 5.74) is 6.72. The summed E-state index contributed by atoms with van der Waals surface area (Å²) >= 11 is 0. The highest BCUT2D eigenvalue weighted by molar-refractivity contribution is 6.09. The Hall–Kier alpha value is -5.42. The Labute approximate surface area is 231 Å². The number of nitrogens with zero attached hydrogens (tertiary/aromatic N) is 4. The SMILES string of the molecule is CC(=Nn1c2ccccc2c2ccccc21)c1cc2cc(C=NN(c3ccccc3)c3ccccc3)ccc2o1. The zero-order valence-electron chi connectivity index (χ0n) is 22.0. The van der Waals surface area contributed by atoms with E-state index < -0.39 is 0 Å². The number of aromatic nitrogens is 1. The monoisotopic (exact) mass is 518 g/mol. The van der Waals surface area contributed by atoms with Gasteiger partial charge in [-0.2, -0.15) is 10.2 Å². The van der Waals surface area contributed by atoms with Crippen molar-refractivity contribution in [3.8, 4) is 0 Å². The Bertz CT molecular complexity index is 1920. The molecule has 0 atom stereocenters. The number of hydrogen-bond acceptors (Lipinski definition) is 4. The lowest BCUT2D eigenvalue weighted by Crippen LogP contribution is -2.09. The number of anilines is 2. The van der Waals surface area contributed by atoms with Gasteiger partial charge in [0.25, 0.3) is 0 Å². The number of fused-ring (bicyclic) bond motifs is 4. The van der Waals surface area contributed by atoms with E-state index in [1.807, 2.05) is 89.6 Å². The Morgan fingerprint density at radius 1 is 0.675 bits per heavy atom. The van der Waals surface area contributed by atoms with Crippen molar-refractivity contribution in [2.75, 3.05) is 5.01 Å². The predicted octanol–water partition coefficient (Wildman–Crippen LogP) is 8.99. The summed E-state index contributed by atoms with van der Waals surface area (Å²) in [6.07, 6.45) is 1.88. The third-order valence-corrected chi connectivity index (χ3v) is 7.03. The van der Waals surface area contributed by atoms with Crippen molar-refractivity contribution in [1.82, 2.24) is 4.68 Å². The molecule has 0 aliphatic rings. The highest BCUT2D eigenvalue weighted by Crippen LogP contribution is 2.30. The first-order valence-electron chi connectivity index (χ1n) is 13.3. The van der Waals surface area contributed by atoms with Gasteiger partial charge in [0.05, 0.1) is 28.6 Å². The molecule has 2 aromatic heterocycles. The molecule has 40 heavy (non-hydrogen) atoms. The van der Waals surface area contributed by atoms with Crippen LogP contribution in [0.4, 0.5) is 11.4 Å². The lowest BCUT2D eigenvalue weighted by atomic mass is 10.1. The molecule has 0 spiro atoms. The molecule has 0 bridgehead atoms. The number of rotatable bonds is 6. The van der Waals surface area contributed by atoms with Crippen molar-refractivity contribution < 1.29 is 4.42 Å². The lowest BCUT2D eigenvalue weighted by molar-refractivity contribution is 0.603. The van der Waals surface area contributed by atoms with Crippen LogP contribution in [0.3, 0.4) is 0 Å². The molecule has 7 aromatic rings. The number of benzene rings is 5. The van der Waals surface area contributed by atoms with Gasteiger partial charge < -0.3 is 4.42 Å². The van der Waals surface area contributed by atoms with E-state index in [4.69, 9.17) is 14.6 Å². The van der Waals surface area contributed by atoms with E-state index in [1.54, 1.807) is 0 Å². The minimum atomic E-state index is 0.737. The van der Waals surface area contributed by atoms with Crippen LogP contribution < -0.4 is 5.01 Å². The van der Waals surface area contributed by atoms with Gasteiger partial charge in [0.15, 0.2) is 5.76 Å². The van der Waals surface area contributed by atoms with Crippen molar-refractivity contribution in [2.24, 2.45) is 10.2 Å². The minimum absolute atomic E-state index is 0.737. The first kappa shape index (κ1) is 23.7. The average molecular weight is 519 g/mol. The van der Waals surface area contributed by atoms with Crippen molar-refractivity contribution in [1.29, 1.82) is 0 Å². The molecular formula is C35H26N4O. The van der Waals surface area contributed by atoms with Crippen LogP contribution >= 0.6 is 0 Å². The molecule has 0 amide bonds. The maximum atomic E-state index is 6.22. The molecule has 0 radical (unpaired) electrons. The van der Waals surface area contributed by atoms with Crippen LogP contribution in [-0.4, -0.2) is 16.6 Å². The van der Waals surface area contributed by atoms with Gasteiger partial charge in [-0.1, -0.05) is 72.8 Å². The van der Waals surface area contributed by atoms with E-state index in [0.717, 1.165) is 50.4 Å². The van der Waals surface area contributed by atoms with E-state index in [2.05, 4.69) is 66.7 Å². The molecule has 0 aliphatic carbocycles. The fourth-order valence-corrected chi connectivity index (χ4v) is 5.07. The van der Waals surface area contributed by atoms with Crippen LogP contribution in [0.1, 0.15) is 18.2 Å². The van der Waals surface area contributed by atoms with Gasteiger partial charge in [0.2, 0.25) is 0 Å². The average Bonchev–Trinajstić information content (AvgIpc) is 3.58. The van der Waals surface area contributed by atoms with Gasteiger partial charge in [0.1, 0.15) is 11.3 Å². The van der Waals surface area contributed by atoms with E-state index in [9.17, 15) is 0 Å². The molecule has 5 nitrogen and oxygen atoms in total. The van der Waals surface area contributed by atoms with E-state index in [0.29, 0.717) is 0 Å². The Balaban J connectivity index is 1.23. The summed E-state index contributed by atoms with van der Waals surface area (Å²) in [5.74, 6) is 0.737. The zero-order chi connectivity index (χ0) is 26.9. The molecule has 0 unspecified atom stereocenters. The number of para-hydroxylation sites is 4. The van der Waals surface area contributed by atoms with Gasteiger partial charge in [-0.25, -0.2) is 9.69 Å². The van der Waals surface area contributed by atoms with E-state index >= 15 is 0 Å². The third-order valence-electron chi connectivity index (χ3n) is 7.03. The summed E-state index contributed by atoms with van der Waals surface area (Å²) in [5, 5.41) is 15.1. The highest BCUT2D eigenvalue weighted by atomic mass is 16.3. The standard InChI is InChI=1S/C35H26N4O/c1-25(37-39-32-18-10-8-16-30(32)31-17-9-11-19-33(31)39)35-23-27-22-26(20-21-34(27)40-35)24-36-38(28-12-4-2-5-13-28)29-14-6-3-7-15-29/h2-24H,1H3. The first-order valence-corrected chi connectivity index (χ1v) is 13.3. The fourth-order valence-electron chi connectivity index (χ4n) is 5.07. The molecule has 7 rings (SSSR count). The van der Waals surface area contributed by atoms with E-state index in [1.165, 1.54) is 10.8 Å². The van der Waals surface area contributed by atoms with Gasteiger partial charge in [-0.15, -0.1) is 0 Å². The van der Waals surface area contributed by atoms with Crippen LogP contribution in [0.5, 0.6) is 0 Å². The molecule has 192 valence electrons. The summed E-state index contributed by atoms with van der Waals surface area (Å²) in [7, 11) is 0. The molecule has 5 heteroatoms. The summed E-state index contributed by atoms with van der Waals surface area (Å²) in [6.45, 7) is 1.99. The minimum Gasteiger partial charge on any atom is -0.455 e. The molecule has 0 N–H and O–H groups in total. The molecule has 0 aliphatic heterocycles. The van der Waals surface area contributed by atoms with Crippen molar-refractivity contribution in [3.63, 3.8) is 0 Å². The molecule has 0 fully saturated rings. The fraction of sp³-hybridized carbons (Fsp3) is 0.0286. The van der Waals surface area contributed by atoms with Crippen LogP contribution in [-0.2, 0) is 0 Å². The van der Waals surface area contributed by atoms with Crippen molar-refractivity contribution >= 4 is 56.1 Å². The molecular weight excluding hydrogens is 492 g/mol. The summed E-state index contributed by atoms with van der Waals surface area (Å²) < 4.78 is 8.23. The molecule has 5 aromatic carbocycles. The zero-order valence-corrected chi connectivity index (χ0v) is 22.0. The van der Waals surface area contributed by atoms with Crippen LogP contribution in [0.2, 0.25) is 0 Å². The Morgan fingerprint density at radius 2 is 1.25 bits per heavy atom. The van der Waals surface area contributed by atoms with Crippen LogP contribution in [0.15, 0.2) is 148 Å². The Morgan fingerprint density at radius 3 is 1.88 bits per heavy atom.